The smallest absolute Gasteiger partial charge is 0.234 e. The quantitative estimate of drug-likeness (QED) is 0.768. The van der Waals surface area contributed by atoms with Crippen LogP contribution in [0.15, 0.2) is 12.4 Å². The predicted molar refractivity (Wildman–Crippen MR) is 60.9 cm³/mol. The number of nitrogens with one attached hydrogen (secondary N) is 1. The summed E-state index contributed by atoms with van der Waals surface area (Å²) in [6.45, 7) is 3.84. The molecule has 3 N–H and O–H groups in total. The number of carbonyl (C=O) groups excluding carboxylic acids is 1. The second-order valence-corrected chi connectivity index (χ2v) is 4.20. The first-order chi connectivity index (χ1) is 7.72. The van der Waals surface area contributed by atoms with Crippen LogP contribution in [0, 0.1) is 0 Å². The van der Waals surface area contributed by atoms with Gasteiger partial charge in [0.2, 0.25) is 5.91 Å². The summed E-state index contributed by atoms with van der Waals surface area (Å²) in [4.78, 5) is 15.5. The first-order valence-corrected chi connectivity index (χ1v) is 5.76. The SMILES string of the molecule is CCn1ccnc1C1CCNC(C(N)=O)C1. The second-order valence-electron chi connectivity index (χ2n) is 4.20. The van der Waals surface area contributed by atoms with Crippen molar-refractivity contribution in [1.29, 1.82) is 0 Å². The van der Waals surface area contributed by atoms with Crippen LogP contribution in [0.3, 0.4) is 0 Å². The maximum absolute atomic E-state index is 11.2. The van der Waals surface area contributed by atoms with Crippen LogP contribution in [0.4, 0.5) is 0 Å². The lowest BCUT2D eigenvalue weighted by molar-refractivity contribution is -0.120. The van der Waals surface area contributed by atoms with Crippen molar-refractivity contribution in [3.05, 3.63) is 18.2 Å². The maximum Gasteiger partial charge on any atom is 0.234 e. The van der Waals surface area contributed by atoms with Crippen LogP contribution >= 0.6 is 0 Å². The Hall–Kier alpha value is -1.36. The van der Waals surface area contributed by atoms with Gasteiger partial charge in [0.25, 0.3) is 0 Å². The lowest BCUT2D eigenvalue weighted by Gasteiger charge is -2.28. The van der Waals surface area contributed by atoms with E-state index in [0.29, 0.717) is 5.92 Å². The molecule has 1 aromatic heterocycles. The number of imidazole rings is 1. The lowest BCUT2D eigenvalue weighted by Crippen LogP contribution is -2.46. The summed E-state index contributed by atoms with van der Waals surface area (Å²) in [6, 6.07) is -0.208. The van der Waals surface area contributed by atoms with Crippen LogP contribution in [0.1, 0.15) is 31.5 Å². The summed E-state index contributed by atoms with van der Waals surface area (Å²) in [6.07, 6.45) is 5.57. The number of rotatable bonds is 3. The molecule has 2 heterocycles. The fourth-order valence-electron chi connectivity index (χ4n) is 2.32. The first-order valence-electron chi connectivity index (χ1n) is 5.76. The van der Waals surface area contributed by atoms with E-state index in [4.69, 9.17) is 5.73 Å². The molecule has 0 aliphatic carbocycles. The Balaban J connectivity index is 2.12. The molecule has 5 nitrogen and oxygen atoms in total. The third-order valence-electron chi connectivity index (χ3n) is 3.20. The summed E-state index contributed by atoms with van der Waals surface area (Å²) in [5.41, 5.74) is 5.32. The Bertz CT molecular complexity index is 374. The maximum atomic E-state index is 11.2. The molecule has 1 amide bonds. The molecule has 1 saturated heterocycles. The van der Waals surface area contributed by atoms with E-state index >= 15 is 0 Å². The van der Waals surface area contributed by atoms with Crippen molar-refractivity contribution in [2.75, 3.05) is 6.54 Å². The Morgan fingerprint density at radius 1 is 1.75 bits per heavy atom. The Labute approximate surface area is 95.0 Å². The summed E-state index contributed by atoms with van der Waals surface area (Å²) in [5.74, 6) is 1.16. The minimum absolute atomic E-state index is 0.208. The molecular weight excluding hydrogens is 204 g/mol. The van der Waals surface area contributed by atoms with Crippen LogP contribution in [-0.2, 0) is 11.3 Å². The van der Waals surface area contributed by atoms with Crippen LogP contribution in [-0.4, -0.2) is 28.0 Å². The molecule has 1 aliphatic heterocycles. The standard InChI is InChI=1S/C11H18N4O/c1-2-15-6-5-14-11(15)8-3-4-13-9(7-8)10(12)16/h5-6,8-9,13H,2-4,7H2,1H3,(H2,12,16). The van der Waals surface area contributed by atoms with Crippen molar-refractivity contribution < 1.29 is 4.79 Å². The number of aryl methyl sites for hydroxylation is 1. The van der Waals surface area contributed by atoms with Gasteiger partial charge in [-0.05, 0) is 26.3 Å². The van der Waals surface area contributed by atoms with E-state index in [2.05, 4.69) is 21.8 Å². The van der Waals surface area contributed by atoms with Gasteiger partial charge in [0.1, 0.15) is 5.82 Å². The zero-order chi connectivity index (χ0) is 11.5. The normalized spacial score (nSPS) is 25.6. The van der Waals surface area contributed by atoms with Crippen LogP contribution in [0.2, 0.25) is 0 Å². The summed E-state index contributed by atoms with van der Waals surface area (Å²) in [5, 5.41) is 3.14. The number of aromatic nitrogens is 2. The minimum Gasteiger partial charge on any atom is -0.368 e. The van der Waals surface area contributed by atoms with Gasteiger partial charge >= 0.3 is 0 Å². The molecule has 1 aliphatic rings. The fourth-order valence-corrected chi connectivity index (χ4v) is 2.32. The van der Waals surface area contributed by atoms with Gasteiger partial charge < -0.3 is 15.6 Å². The zero-order valence-corrected chi connectivity index (χ0v) is 9.52. The second kappa shape index (κ2) is 4.65. The third-order valence-corrected chi connectivity index (χ3v) is 3.20. The molecule has 0 aromatic carbocycles. The highest BCUT2D eigenvalue weighted by atomic mass is 16.1. The van der Waals surface area contributed by atoms with Crippen LogP contribution < -0.4 is 11.1 Å². The lowest BCUT2D eigenvalue weighted by atomic mass is 9.91. The number of nitrogens with zero attached hydrogens (tertiary/aromatic N) is 2. The van der Waals surface area contributed by atoms with E-state index in [1.54, 1.807) is 0 Å². The molecule has 0 saturated carbocycles. The van der Waals surface area contributed by atoms with Crippen molar-refractivity contribution in [1.82, 2.24) is 14.9 Å². The van der Waals surface area contributed by atoms with E-state index in [0.717, 1.165) is 31.8 Å². The van der Waals surface area contributed by atoms with E-state index < -0.39 is 0 Å². The van der Waals surface area contributed by atoms with Gasteiger partial charge in [0.05, 0.1) is 6.04 Å². The van der Waals surface area contributed by atoms with Gasteiger partial charge in [-0.15, -0.1) is 0 Å². The summed E-state index contributed by atoms with van der Waals surface area (Å²) >= 11 is 0. The molecule has 1 fully saturated rings. The van der Waals surface area contributed by atoms with Crippen LogP contribution in [0.25, 0.3) is 0 Å². The summed E-state index contributed by atoms with van der Waals surface area (Å²) in [7, 11) is 0. The Kier molecular flexibility index (Phi) is 3.24. The first kappa shape index (κ1) is 11.1. The van der Waals surface area contributed by atoms with Crippen molar-refractivity contribution in [3.8, 4) is 0 Å². The molecule has 0 radical (unpaired) electrons. The van der Waals surface area contributed by atoms with Crippen molar-refractivity contribution in [3.63, 3.8) is 0 Å². The van der Waals surface area contributed by atoms with E-state index in [1.165, 1.54) is 0 Å². The molecule has 2 unspecified atom stereocenters. The Morgan fingerprint density at radius 3 is 3.25 bits per heavy atom. The Morgan fingerprint density at radius 2 is 2.56 bits per heavy atom. The molecule has 5 heteroatoms. The zero-order valence-electron chi connectivity index (χ0n) is 9.52. The molecule has 0 spiro atoms. The molecule has 16 heavy (non-hydrogen) atoms. The van der Waals surface area contributed by atoms with Gasteiger partial charge in [-0.3, -0.25) is 4.79 Å². The largest absolute Gasteiger partial charge is 0.368 e. The topological polar surface area (TPSA) is 72.9 Å². The van der Waals surface area contributed by atoms with Gasteiger partial charge in [-0.2, -0.15) is 0 Å². The average Bonchev–Trinajstić information content (AvgIpc) is 2.77. The highest BCUT2D eigenvalue weighted by Crippen LogP contribution is 2.26. The van der Waals surface area contributed by atoms with Gasteiger partial charge in [-0.25, -0.2) is 4.98 Å². The number of amides is 1. The number of primary amides is 1. The highest BCUT2D eigenvalue weighted by Gasteiger charge is 2.28. The molecule has 1 aromatic rings. The highest BCUT2D eigenvalue weighted by molar-refractivity contribution is 5.80. The van der Waals surface area contributed by atoms with Gasteiger partial charge in [0, 0.05) is 24.9 Å². The molecular formula is C11H18N4O. The van der Waals surface area contributed by atoms with E-state index in [1.807, 2.05) is 12.4 Å². The van der Waals surface area contributed by atoms with Crippen molar-refractivity contribution in [2.45, 2.75) is 38.3 Å². The molecule has 2 atom stereocenters. The number of hydrogen-bond donors (Lipinski definition) is 2. The number of nitrogens with two attached hydrogens (primary N) is 1. The predicted octanol–water partition coefficient (Wildman–Crippen LogP) is 0.224. The monoisotopic (exact) mass is 222 g/mol. The molecule has 0 bridgehead atoms. The van der Waals surface area contributed by atoms with Crippen molar-refractivity contribution >= 4 is 5.91 Å². The van der Waals surface area contributed by atoms with Crippen LogP contribution in [0.5, 0.6) is 0 Å². The minimum atomic E-state index is -0.265. The summed E-state index contributed by atoms with van der Waals surface area (Å²) < 4.78 is 2.13. The van der Waals surface area contributed by atoms with Gasteiger partial charge in [-0.1, -0.05) is 0 Å². The number of carbonyl (C=O) groups is 1. The third kappa shape index (κ3) is 2.09. The average molecular weight is 222 g/mol. The fraction of sp³-hybridized carbons (Fsp3) is 0.636. The van der Waals surface area contributed by atoms with E-state index in [-0.39, 0.29) is 11.9 Å². The van der Waals surface area contributed by atoms with E-state index in [9.17, 15) is 4.79 Å². The molecule has 88 valence electrons. The van der Waals surface area contributed by atoms with Gasteiger partial charge in [0.15, 0.2) is 0 Å². The number of hydrogen-bond acceptors (Lipinski definition) is 3. The molecule has 2 rings (SSSR count). The van der Waals surface area contributed by atoms with Crippen molar-refractivity contribution in [2.24, 2.45) is 5.73 Å². The number of piperidine rings is 1.